The Labute approximate surface area is 137 Å². The summed E-state index contributed by atoms with van der Waals surface area (Å²) in [5.74, 6) is -3.18. The normalized spacial score (nSPS) is 18.9. The van der Waals surface area contributed by atoms with Crippen molar-refractivity contribution in [3.8, 4) is 0 Å². The van der Waals surface area contributed by atoms with Crippen molar-refractivity contribution in [3.05, 3.63) is 29.0 Å². The lowest BCUT2D eigenvalue weighted by molar-refractivity contribution is -0.149. The summed E-state index contributed by atoms with van der Waals surface area (Å²) >= 11 is 5.61. The molecule has 2 atom stereocenters. The Morgan fingerprint density at radius 3 is 2.70 bits per heavy atom. The van der Waals surface area contributed by atoms with Gasteiger partial charge in [0.05, 0.1) is 10.9 Å². The minimum Gasteiger partial charge on any atom is -0.480 e. The van der Waals surface area contributed by atoms with Crippen molar-refractivity contribution >= 4 is 35.1 Å². The summed E-state index contributed by atoms with van der Waals surface area (Å²) in [6.45, 7) is 1.47. The zero-order valence-corrected chi connectivity index (χ0v) is 13.4. The average Bonchev–Trinajstić information content (AvgIpc) is 2.89. The third-order valence-electron chi connectivity index (χ3n) is 3.98. The Balaban J connectivity index is 2.14. The molecule has 0 saturated carbocycles. The molecule has 1 aromatic rings. The number of hydrogen-bond donors (Lipinski definition) is 1. The fourth-order valence-electron chi connectivity index (χ4n) is 2.42. The maximum atomic E-state index is 13.5. The Hall–Kier alpha value is -2.15. The molecule has 6 nitrogen and oxygen atoms in total. The van der Waals surface area contributed by atoms with Crippen LogP contribution in [0.1, 0.15) is 13.3 Å². The van der Waals surface area contributed by atoms with Gasteiger partial charge < -0.3 is 14.9 Å². The van der Waals surface area contributed by atoms with Crippen LogP contribution in [-0.4, -0.2) is 47.4 Å². The zero-order valence-electron chi connectivity index (χ0n) is 12.6. The molecule has 8 heteroatoms. The number of carboxylic acid groups (broad SMARTS) is 1. The van der Waals surface area contributed by atoms with Crippen molar-refractivity contribution in [2.24, 2.45) is 5.92 Å². The topological polar surface area (TPSA) is 77.9 Å². The van der Waals surface area contributed by atoms with E-state index >= 15 is 0 Å². The third-order valence-corrected chi connectivity index (χ3v) is 4.28. The lowest BCUT2D eigenvalue weighted by atomic mass is 10.1. The standard InChI is InChI=1S/C15H16ClFN2O4/c1-8(15(22)23)18(2)14(21)9-5-13(20)19(7-9)10-3-4-11(16)12(17)6-10/h3-4,6,8-9H,5,7H2,1-2H3,(H,22,23). The van der Waals surface area contributed by atoms with Gasteiger partial charge in [0.25, 0.3) is 0 Å². The lowest BCUT2D eigenvalue weighted by Crippen LogP contribution is -2.43. The van der Waals surface area contributed by atoms with Crippen LogP contribution in [0.25, 0.3) is 0 Å². The Morgan fingerprint density at radius 1 is 1.48 bits per heavy atom. The van der Waals surface area contributed by atoms with E-state index in [0.717, 1.165) is 11.0 Å². The Morgan fingerprint density at radius 2 is 2.13 bits per heavy atom. The molecule has 1 aliphatic heterocycles. The van der Waals surface area contributed by atoms with Crippen molar-refractivity contribution in [3.63, 3.8) is 0 Å². The van der Waals surface area contributed by atoms with E-state index in [-0.39, 0.29) is 23.9 Å². The molecular formula is C15H16ClFN2O4. The highest BCUT2D eigenvalue weighted by atomic mass is 35.5. The first kappa shape index (κ1) is 17.2. The van der Waals surface area contributed by atoms with Gasteiger partial charge in [-0.3, -0.25) is 9.59 Å². The van der Waals surface area contributed by atoms with Gasteiger partial charge in [0.15, 0.2) is 0 Å². The van der Waals surface area contributed by atoms with Gasteiger partial charge in [0.1, 0.15) is 11.9 Å². The van der Waals surface area contributed by atoms with E-state index < -0.39 is 29.7 Å². The van der Waals surface area contributed by atoms with Crippen molar-refractivity contribution in [1.82, 2.24) is 4.90 Å². The van der Waals surface area contributed by atoms with Gasteiger partial charge in [-0.1, -0.05) is 11.6 Å². The minimum atomic E-state index is -1.12. The van der Waals surface area contributed by atoms with E-state index in [1.54, 1.807) is 0 Å². The first-order valence-corrected chi connectivity index (χ1v) is 7.35. The summed E-state index contributed by atoms with van der Waals surface area (Å²) < 4.78 is 13.5. The van der Waals surface area contributed by atoms with Gasteiger partial charge in [-0.05, 0) is 25.1 Å². The predicted octanol–water partition coefficient (Wildman–Crippen LogP) is 1.76. The van der Waals surface area contributed by atoms with Crippen molar-refractivity contribution < 1.29 is 23.9 Å². The van der Waals surface area contributed by atoms with Crippen LogP contribution in [0.15, 0.2) is 18.2 Å². The highest BCUT2D eigenvalue weighted by Gasteiger charge is 2.38. The molecule has 23 heavy (non-hydrogen) atoms. The largest absolute Gasteiger partial charge is 0.480 e. The zero-order chi connectivity index (χ0) is 17.3. The molecule has 1 fully saturated rings. The number of anilines is 1. The number of likely N-dealkylation sites (N-methyl/N-ethyl adjacent to an activating group) is 1. The number of carbonyl (C=O) groups is 3. The summed E-state index contributed by atoms with van der Waals surface area (Å²) in [6.07, 6.45) is -0.0419. The van der Waals surface area contributed by atoms with Gasteiger partial charge in [-0.15, -0.1) is 0 Å². The highest BCUT2D eigenvalue weighted by molar-refractivity contribution is 6.30. The number of amides is 2. The minimum absolute atomic E-state index is 0.0419. The Kier molecular flexibility index (Phi) is 4.89. The summed E-state index contributed by atoms with van der Waals surface area (Å²) in [4.78, 5) is 37.8. The van der Waals surface area contributed by atoms with Crippen molar-refractivity contribution in [2.45, 2.75) is 19.4 Å². The maximum absolute atomic E-state index is 13.5. The summed E-state index contributed by atoms with van der Waals surface area (Å²) in [7, 11) is 1.39. The molecule has 1 saturated heterocycles. The van der Waals surface area contributed by atoms with Crippen LogP contribution in [0.2, 0.25) is 5.02 Å². The number of aliphatic carboxylic acids is 1. The second kappa shape index (κ2) is 6.54. The third kappa shape index (κ3) is 3.44. The molecule has 2 rings (SSSR count). The van der Waals surface area contributed by atoms with Crippen LogP contribution < -0.4 is 4.90 Å². The maximum Gasteiger partial charge on any atom is 0.326 e. The van der Waals surface area contributed by atoms with E-state index in [1.165, 1.54) is 31.0 Å². The molecule has 0 aliphatic carbocycles. The van der Waals surface area contributed by atoms with Gasteiger partial charge in [0.2, 0.25) is 11.8 Å². The van der Waals surface area contributed by atoms with Crippen LogP contribution in [0.3, 0.4) is 0 Å². The van der Waals surface area contributed by atoms with Gasteiger partial charge in [0, 0.05) is 25.7 Å². The van der Waals surface area contributed by atoms with Crippen LogP contribution in [0, 0.1) is 11.7 Å². The molecule has 2 unspecified atom stereocenters. The summed E-state index contributed by atoms with van der Waals surface area (Å²) in [5.41, 5.74) is 0.320. The SMILES string of the molecule is CC(C(=O)O)N(C)C(=O)C1CC(=O)N(c2ccc(Cl)c(F)c2)C1. The number of rotatable bonds is 4. The first-order valence-electron chi connectivity index (χ1n) is 6.97. The van der Waals surface area contributed by atoms with E-state index in [0.29, 0.717) is 5.69 Å². The van der Waals surface area contributed by atoms with Gasteiger partial charge in [-0.25, -0.2) is 9.18 Å². The molecule has 124 valence electrons. The average molecular weight is 343 g/mol. The number of carbonyl (C=O) groups excluding carboxylic acids is 2. The molecule has 1 N–H and O–H groups in total. The lowest BCUT2D eigenvalue weighted by Gasteiger charge is -2.24. The molecule has 1 aromatic carbocycles. The van der Waals surface area contributed by atoms with Gasteiger partial charge >= 0.3 is 5.97 Å². The van der Waals surface area contributed by atoms with E-state index in [2.05, 4.69) is 0 Å². The summed E-state index contributed by atoms with van der Waals surface area (Å²) in [6, 6.07) is 2.99. The molecule has 1 heterocycles. The second-order valence-corrected chi connectivity index (χ2v) is 5.87. The number of benzene rings is 1. The van der Waals surface area contributed by atoms with Crippen LogP contribution in [-0.2, 0) is 14.4 Å². The smallest absolute Gasteiger partial charge is 0.326 e. The summed E-state index contributed by atoms with van der Waals surface area (Å²) in [5, 5.41) is 8.90. The number of carboxylic acids is 1. The molecule has 0 aromatic heterocycles. The fraction of sp³-hybridized carbons (Fsp3) is 0.400. The predicted molar refractivity (Wildman–Crippen MR) is 81.7 cm³/mol. The highest BCUT2D eigenvalue weighted by Crippen LogP contribution is 2.29. The molecule has 2 amide bonds. The number of nitrogens with zero attached hydrogens (tertiary/aromatic N) is 2. The molecule has 0 spiro atoms. The van der Waals surface area contributed by atoms with E-state index in [4.69, 9.17) is 16.7 Å². The molecular weight excluding hydrogens is 327 g/mol. The quantitative estimate of drug-likeness (QED) is 0.904. The van der Waals surface area contributed by atoms with Crippen LogP contribution >= 0.6 is 11.6 Å². The van der Waals surface area contributed by atoms with E-state index in [9.17, 15) is 18.8 Å². The second-order valence-electron chi connectivity index (χ2n) is 5.47. The molecule has 0 bridgehead atoms. The molecule has 0 radical (unpaired) electrons. The Bertz CT molecular complexity index is 667. The van der Waals surface area contributed by atoms with Crippen LogP contribution in [0.5, 0.6) is 0 Å². The fourth-order valence-corrected chi connectivity index (χ4v) is 2.54. The van der Waals surface area contributed by atoms with E-state index in [1.807, 2.05) is 0 Å². The van der Waals surface area contributed by atoms with Crippen LogP contribution in [0.4, 0.5) is 10.1 Å². The first-order chi connectivity index (χ1) is 10.7. The molecule has 1 aliphatic rings. The van der Waals surface area contributed by atoms with Gasteiger partial charge in [-0.2, -0.15) is 0 Å². The number of halogens is 2. The van der Waals surface area contributed by atoms with Crippen molar-refractivity contribution in [2.75, 3.05) is 18.5 Å². The number of hydrogen-bond acceptors (Lipinski definition) is 3. The monoisotopic (exact) mass is 342 g/mol. The van der Waals surface area contributed by atoms with Crippen molar-refractivity contribution in [1.29, 1.82) is 0 Å².